The Morgan fingerprint density at radius 2 is 1.85 bits per heavy atom. The first kappa shape index (κ1) is 15.3. The summed E-state index contributed by atoms with van der Waals surface area (Å²) in [7, 11) is 0. The van der Waals surface area contributed by atoms with E-state index < -0.39 is 17.8 Å². The van der Waals surface area contributed by atoms with Crippen LogP contribution in [0, 0.1) is 11.8 Å². The molecule has 0 bridgehead atoms. The molecule has 1 aliphatic heterocycles. The Balaban J connectivity index is 2.04. The van der Waals surface area contributed by atoms with Crippen molar-refractivity contribution < 1.29 is 18.3 Å². The molecule has 2 rings (SSSR count). The summed E-state index contributed by atoms with van der Waals surface area (Å²) in [6.07, 6.45) is -5.25. The molecule has 1 aliphatic rings. The van der Waals surface area contributed by atoms with Crippen molar-refractivity contribution in [2.45, 2.75) is 26.1 Å². The highest BCUT2D eigenvalue weighted by atomic mass is 19.4. The van der Waals surface area contributed by atoms with E-state index in [-0.39, 0.29) is 0 Å². The second kappa shape index (κ2) is 5.74. The van der Waals surface area contributed by atoms with E-state index in [1.807, 2.05) is 0 Å². The van der Waals surface area contributed by atoms with Gasteiger partial charge in [0.1, 0.15) is 0 Å². The van der Waals surface area contributed by atoms with Gasteiger partial charge in [0.2, 0.25) is 0 Å². The lowest BCUT2D eigenvalue weighted by atomic mass is 10.0. The van der Waals surface area contributed by atoms with Crippen molar-refractivity contribution in [2.24, 2.45) is 11.8 Å². The summed E-state index contributed by atoms with van der Waals surface area (Å²) in [5, 5.41) is 10.1. The van der Waals surface area contributed by atoms with E-state index in [9.17, 15) is 18.3 Å². The van der Waals surface area contributed by atoms with Crippen LogP contribution < -0.4 is 0 Å². The average molecular weight is 287 g/mol. The molecule has 0 saturated carbocycles. The highest BCUT2D eigenvalue weighted by Gasteiger charge is 2.31. The van der Waals surface area contributed by atoms with Gasteiger partial charge in [0.25, 0.3) is 0 Å². The molecular formula is C15H20F3NO. The minimum atomic E-state index is -4.37. The highest BCUT2D eigenvalue weighted by Crippen LogP contribution is 2.31. The number of aliphatic hydroxyl groups excluding tert-OH is 1. The largest absolute Gasteiger partial charge is 0.416 e. The van der Waals surface area contributed by atoms with Crippen LogP contribution in [0.1, 0.15) is 31.1 Å². The van der Waals surface area contributed by atoms with Crippen molar-refractivity contribution >= 4 is 0 Å². The molecule has 1 saturated heterocycles. The normalized spacial score (nSPS) is 25.9. The van der Waals surface area contributed by atoms with Crippen LogP contribution in [0.5, 0.6) is 0 Å². The van der Waals surface area contributed by atoms with Gasteiger partial charge in [0, 0.05) is 19.6 Å². The number of aliphatic hydroxyl groups is 1. The fourth-order valence-electron chi connectivity index (χ4n) is 2.67. The summed E-state index contributed by atoms with van der Waals surface area (Å²) in [5.74, 6) is 1.12. The smallest absolute Gasteiger partial charge is 0.387 e. The number of alkyl halides is 3. The Morgan fingerprint density at radius 1 is 1.25 bits per heavy atom. The van der Waals surface area contributed by atoms with Gasteiger partial charge in [-0.2, -0.15) is 13.2 Å². The van der Waals surface area contributed by atoms with Crippen LogP contribution in [0.15, 0.2) is 24.3 Å². The van der Waals surface area contributed by atoms with E-state index in [4.69, 9.17) is 0 Å². The molecule has 3 atom stereocenters. The van der Waals surface area contributed by atoms with E-state index in [0.717, 1.165) is 25.2 Å². The Morgan fingerprint density at radius 3 is 2.40 bits per heavy atom. The second-order valence-corrected chi connectivity index (χ2v) is 5.81. The maximum atomic E-state index is 12.6. The molecule has 1 aromatic rings. The van der Waals surface area contributed by atoms with E-state index in [0.29, 0.717) is 23.9 Å². The third-order valence-corrected chi connectivity index (χ3v) is 4.09. The van der Waals surface area contributed by atoms with Gasteiger partial charge in [-0.05, 0) is 29.5 Å². The van der Waals surface area contributed by atoms with Crippen molar-refractivity contribution in [1.29, 1.82) is 0 Å². The first-order valence-electron chi connectivity index (χ1n) is 6.85. The summed E-state index contributed by atoms with van der Waals surface area (Å²) in [4.78, 5) is 2.11. The Hall–Kier alpha value is -1.07. The summed E-state index contributed by atoms with van der Waals surface area (Å²) in [5.41, 5.74) is -0.385. The molecule has 112 valence electrons. The maximum absolute atomic E-state index is 12.6. The SMILES string of the molecule is CC1CN(CC(O)c2cccc(C(F)(F)F)c2)CC1C. The first-order chi connectivity index (χ1) is 9.27. The number of β-amino-alcohol motifs (C(OH)–C–C–N with tert-alkyl or cyclic N) is 1. The molecule has 0 amide bonds. The molecule has 1 aromatic carbocycles. The van der Waals surface area contributed by atoms with E-state index in [2.05, 4.69) is 18.7 Å². The summed E-state index contributed by atoms with van der Waals surface area (Å²) >= 11 is 0. The molecule has 1 heterocycles. The fourth-order valence-corrected chi connectivity index (χ4v) is 2.67. The lowest BCUT2D eigenvalue weighted by Gasteiger charge is -2.20. The van der Waals surface area contributed by atoms with Gasteiger partial charge in [-0.3, -0.25) is 4.90 Å². The number of nitrogens with zero attached hydrogens (tertiary/aromatic N) is 1. The van der Waals surface area contributed by atoms with Gasteiger partial charge < -0.3 is 5.11 Å². The van der Waals surface area contributed by atoms with Gasteiger partial charge >= 0.3 is 6.18 Å². The monoisotopic (exact) mass is 287 g/mol. The summed E-state index contributed by atoms with van der Waals surface area (Å²) < 4.78 is 37.9. The minimum absolute atomic E-state index is 0.326. The molecule has 3 unspecified atom stereocenters. The zero-order valence-corrected chi connectivity index (χ0v) is 11.7. The van der Waals surface area contributed by atoms with Crippen LogP contribution in [-0.4, -0.2) is 29.6 Å². The number of benzene rings is 1. The second-order valence-electron chi connectivity index (χ2n) is 5.81. The van der Waals surface area contributed by atoms with E-state index in [1.54, 1.807) is 6.07 Å². The topological polar surface area (TPSA) is 23.5 Å². The van der Waals surface area contributed by atoms with Crippen LogP contribution in [-0.2, 0) is 6.18 Å². The molecule has 1 fully saturated rings. The molecule has 0 aliphatic carbocycles. The molecule has 20 heavy (non-hydrogen) atoms. The average Bonchev–Trinajstić information content (AvgIpc) is 2.67. The number of rotatable bonds is 3. The lowest BCUT2D eigenvalue weighted by Crippen LogP contribution is -2.26. The fraction of sp³-hybridized carbons (Fsp3) is 0.600. The quantitative estimate of drug-likeness (QED) is 0.922. The Bertz CT molecular complexity index is 451. The zero-order valence-electron chi connectivity index (χ0n) is 11.7. The van der Waals surface area contributed by atoms with Crippen molar-refractivity contribution in [2.75, 3.05) is 19.6 Å². The molecule has 0 radical (unpaired) electrons. The molecule has 2 nitrogen and oxygen atoms in total. The predicted octanol–water partition coefficient (Wildman–Crippen LogP) is 3.33. The highest BCUT2D eigenvalue weighted by molar-refractivity contribution is 5.27. The van der Waals surface area contributed by atoms with E-state index >= 15 is 0 Å². The molecule has 0 aromatic heterocycles. The maximum Gasteiger partial charge on any atom is 0.416 e. The number of hydrogen-bond donors (Lipinski definition) is 1. The predicted molar refractivity (Wildman–Crippen MR) is 71.2 cm³/mol. The minimum Gasteiger partial charge on any atom is -0.387 e. The third kappa shape index (κ3) is 3.52. The third-order valence-electron chi connectivity index (χ3n) is 4.09. The standard InChI is InChI=1S/C15H20F3NO/c1-10-7-19(8-11(10)2)9-14(20)12-4-3-5-13(6-12)15(16,17)18/h3-6,10-11,14,20H,7-9H2,1-2H3. The van der Waals surface area contributed by atoms with Crippen molar-refractivity contribution in [3.05, 3.63) is 35.4 Å². The Kier molecular flexibility index (Phi) is 4.39. The van der Waals surface area contributed by atoms with Crippen molar-refractivity contribution in [1.82, 2.24) is 4.90 Å². The summed E-state index contributed by atoms with van der Waals surface area (Å²) in [6, 6.07) is 4.95. The van der Waals surface area contributed by atoms with Gasteiger partial charge in [0.15, 0.2) is 0 Å². The van der Waals surface area contributed by atoms with Crippen molar-refractivity contribution in [3.8, 4) is 0 Å². The Labute approximate surface area is 117 Å². The van der Waals surface area contributed by atoms with Crippen LogP contribution in [0.3, 0.4) is 0 Å². The van der Waals surface area contributed by atoms with Crippen LogP contribution >= 0.6 is 0 Å². The molecule has 1 N–H and O–H groups in total. The van der Waals surface area contributed by atoms with Crippen LogP contribution in [0.4, 0.5) is 13.2 Å². The van der Waals surface area contributed by atoms with Crippen LogP contribution in [0.25, 0.3) is 0 Å². The van der Waals surface area contributed by atoms with Gasteiger partial charge in [-0.1, -0.05) is 26.0 Å². The van der Waals surface area contributed by atoms with Gasteiger partial charge in [0.05, 0.1) is 11.7 Å². The number of halogens is 3. The van der Waals surface area contributed by atoms with Crippen LogP contribution in [0.2, 0.25) is 0 Å². The zero-order chi connectivity index (χ0) is 14.9. The first-order valence-corrected chi connectivity index (χ1v) is 6.85. The molecule has 5 heteroatoms. The van der Waals surface area contributed by atoms with Gasteiger partial charge in [-0.15, -0.1) is 0 Å². The van der Waals surface area contributed by atoms with Gasteiger partial charge in [-0.25, -0.2) is 0 Å². The number of hydrogen-bond acceptors (Lipinski definition) is 2. The van der Waals surface area contributed by atoms with Crippen molar-refractivity contribution in [3.63, 3.8) is 0 Å². The molecule has 0 spiro atoms. The molecular weight excluding hydrogens is 267 g/mol. The van der Waals surface area contributed by atoms with E-state index in [1.165, 1.54) is 6.07 Å². The number of likely N-dealkylation sites (tertiary alicyclic amines) is 1. The lowest BCUT2D eigenvalue weighted by molar-refractivity contribution is -0.137. The summed E-state index contributed by atoms with van der Waals surface area (Å²) in [6.45, 7) is 6.47.